The fourth-order valence-electron chi connectivity index (χ4n) is 4.08. The number of methoxy groups -OCH3 is 1. The summed E-state index contributed by atoms with van der Waals surface area (Å²) in [4.78, 5) is 17.2. The highest BCUT2D eigenvalue weighted by Gasteiger charge is 2.20. The fourth-order valence-corrected chi connectivity index (χ4v) is 4.08. The first-order chi connectivity index (χ1) is 15.5. The molecule has 0 radical (unpaired) electrons. The molecule has 0 atom stereocenters. The number of hydrogen-bond acceptors (Lipinski definition) is 7. The number of oxazole rings is 1. The van der Waals surface area contributed by atoms with Crippen LogP contribution in [0.3, 0.4) is 0 Å². The van der Waals surface area contributed by atoms with Gasteiger partial charge in [-0.3, -0.25) is 9.55 Å². The zero-order chi connectivity index (χ0) is 22.4. The Balaban J connectivity index is 1.76. The summed E-state index contributed by atoms with van der Waals surface area (Å²) >= 11 is 0. The Hall–Kier alpha value is -4.38. The number of hydrogen-bond donors (Lipinski definition) is 0. The van der Waals surface area contributed by atoms with Crippen molar-refractivity contribution in [3.8, 4) is 22.9 Å². The van der Waals surface area contributed by atoms with E-state index in [-0.39, 0.29) is 6.54 Å². The van der Waals surface area contributed by atoms with Crippen LogP contribution in [0.4, 0.5) is 0 Å². The standard InChI is InChI=1S/C24H18N4O4/c1-13-22(14(2)32-27-13)18-8-19-17(9-20(18)30-3)23-21(11-26-19)31-24(29)28(23)12-16-6-4-5-15(7-16)10-25/h4-9,11H,12H2,1-3H3. The fraction of sp³-hybridized carbons (Fsp3) is 0.167. The van der Waals surface area contributed by atoms with Gasteiger partial charge in [-0.15, -0.1) is 0 Å². The number of aryl methyl sites for hydroxylation is 2. The van der Waals surface area contributed by atoms with Crippen LogP contribution in [0.25, 0.3) is 33.1 Å². The number of rotatable bonds is 4. The highest BCUT2D eigenvalue weighted by atomic mass is 16.5. The summed E-state index contributed by atoms with van der Waals surface area (Å²) in [6.45, 7) is 3.97. The van der Waals surface area contributed by atoms with Crippen LogP contribution in [0.5, 0.6) is 5.75 Å². The van der Waals surface area contributed by atoms with Crippen molar-refractivity contribution in [1.29, 1.82) is 5.26 Å². The molecule has 0 aliphatic rings. The van der Waals surface area contributed by atoms with Crippen LogP contribution in [0, 0.1) is 25.2 Å². The molecule has 158 valence electrons. The Morgan fingerprint density at radius 2 is 2.06 bits per heavy atom. The molecular formula is C24H18N4O4. The Bertz CT molecular complexity index is 1580. The van der Waals surface area contributed by atoms with Gasteiger partial charge < -0.3 is 13.7 Å². The normalized spacial score (nSPS) is 11.2. The van der Waals surface area contributed by atoms with Crippen LogP contribution < -0.4 is 10.5 Å². The van der Waals surface area contributed by atoms with Crippen molar-refractivity contribution >= 4 is 22.0 Å². The molecule has 3 heterocycles. The Morgan fingerprint density at radius 1 is 1.22 bits per heavy atom. The van der Waals surface area contributed by atoms with E-state index in [1.807, 2.05) is 32.0 Å². The van der Waals surface area contributed by atoms with E-state index in [0.29, 0.717) is 33.7 Å². The molecule has 0 spiro atoms. The number of ether oxygens (including phenoxy) is 1. The molecule has 5 aromatic rings. The van der Waals surface area contributed by atoms with E-state index in [1.165, 1.54) is 0 Å². The van der Waals surface area contributed by atoms with E-state index >= 15 is 0 Å². The molecule has 0 saturated carbocycles. The molecule has 0 saturated heterocycles. The van der Waals surface area contributed by atoms with Crippen LogP contribution in [-0.2, 0) is 6.54 Å². The lowest BCUT2D eigenvalue weighted by Crippen LogP contribution is -2.15. The van der Waals surface area contributed by atoms with Crippen LogP contribution >= 0.6 is 0 Å². The molecule has 3 aromatic heterocycles. The average molecular weight is 426 g/mol. The van der Waals surface area contributed by atoms with Crippen molar-refractivity contribution in [3.05, 3.63) is 75.7 Å². The maximum Gasteiger partial charge on any atom is 0.420 e. The van der Waals surface area contributed by atoms with Crippen LogP contribution in [0.1, 0.15) is 22.6 Å². The predicted molar refractivity (Wildman–Crippen MR) is 118 cm³/mol. The van der Waals surface area contributed by atoms with Crippen LogP contribution in [-0.4, -0.2) is 21.8 Å². The van der Waals surface area contributed by atoms with Crippen molar-refractivity contribution in [2.24, 2.45) is 0 Å². The quantitative estimate of drug-likeness (QED) is 0.421. The summed E-state index contributed by atoms with van der Waals surface area (Å²) in [6.07, 6.45) is 1.55. The largest absolute Gasteiger partial charge is 0.496 e. The molecule has 2 aromatic carbocycles. The molecule has 8 heteroatoms. The van der Waals surface area contributed by atoms with Crippen molar-refractivity contribution in [3.63, 3.8) is 0 Å². The van der Waals surface area contributed by atoms with Crippen LogP contribution in [0.2, 0.25) is 0 Å². The van der Waals surface area contributed by atoms with Gasteiger partial charge in [0.2, 0.25) is 0 Å². The van der Waals surface area contributed by atoms with E-state index < -0.39 is 5.76 Å². The molecule has 0 bridgehead atoms. The first-order valence-electron chi connectivity index (χ1n) is 9.92. The number of benzene rings is 2. The van der Waals surface area contributed by atoms with Crippen molar-refractivity contribution < 1.29 is 13.7 Å². The number of fused-ring (bicyclic) bond motifs is 3. The predicted octanol–water partition coefficient (Wildman–Crippen LogP) is 4.34. The third kappa shape index (κ3) is 3.03. The van der Waals surface area contributed by atoms with Crippen molar-refractivity contribution in [1.82, 2.24) is 14.7 Å². The molecule has 0 aliphatic carbocycles. The first kappa shape index (κ1) is 19.6. The molecule has 0 unspecified atom stereocenters. The second kappa shape index (κ2) is 7.39. The van der Waals surface area contributed by atoms with Gasteiger partial charge in [-0.25, -0.2) is 4.79 Å². The van der Waals surface area contributed by atoms with Crippen molar-refractivity contribution in [2.75, 3.05) is 7.11 Å². The van der Waals surface area contributed by atoms with Crippen molar-refractivity contribution in [2.45, 2.75) is 20.4 Å². The smallest absolute Gasteiger partial charge is 0.420 e. The minimum atomic E-state index is -0.495. The third-order valence-electron chi connectivity index (χ3n) is 5.51. The lowest BCUT2D eigenvalue weighted by Gasteiger charge is -2.11. The van der Waals surface area contributed by atoms with E-state index in [4.69, 9.17) is 13.7 Å². The highest BCUT2D eigenvalue weighted by Crippen LogP contribution is 2.38. The number of aromatic nitrogens is 3. The van der Waals surface area contributed by atoms with E-state index in [1.54, 1.807) is 36.1 Å². The SMILES string of the molecule is COc1cc2c(cc1-c1c(C)noc1C)ncc1oc(=O)n(Cc3cccc(C#N)c3)c12. The summed E-state index contributed by atoms with van der Waals surface area (Å²) in [5.41, 5.74) is 5.43. The number of nitriles is 1. The molecule has 0 aliphatic heterocycles. The maximum absolute atomic E-state index is 12.7. The van der Waals surface area contributed by atoms with Gasteiger partial charge in [-0.05, 0) is 43.7 Å². The van der Waals surface area contributed by atoms with Crippen LogP contribution in [0.15, 0.2) is 56.3 Å². The second-order valence-corrected chi connectivity index (χ2v) is 7.51. The second-order valence-electron chi connectivity index (χ2n) is 7.51. The number of pyridine rings is 1. The monoisotopic (exact) mass is 426 g/mol. The van der Waals surface area contributed by atoms with Gasteiger partial charge in [0, 0.05) is 10.9 Å². The highest BCUT2D eigenvalue weighted by molar-refractivity contribution is 6.04. The topological polar surface area (TPSA) is 107 Å². The molecule has 0 fully saturated rings. The molecule has 5 rings (SSSR count). The number of nitrogens with zero attached hydrogens (tertiary/aromatic N) is 4. The van der Waals surface area contributed by atoms with Gasteiger partial charge in [0.05, 0.1) is 48.3 Å². The van der Waals surface area contributed by atoms with Gasteiger partial charge in [-0.1, -0.05) is 17.3 Å². The summed E-state index contributed by atoms with van der Waals surface area (Å²) in [7, 11) is 1.59. The summed E-state index contributed by atoms with van der Waals surface area (Å²) in [5.74, 6) is 0.789. The zero-order valence-corrected chi connectivity index (χ0v) is 17.7. The van der Waals surface area contributed by atoms with E-state index in [0.717, 1.165) is 27.8 Å². The summed E-state index contributed by atoms with van der Waals surface area (Å²) in [6, 6.07) is 13.0. The maximum atomic E-state index is 12.7. The average Bonchev–Trinajstić information content (AvgIpc) is 3.30. The molecule has 32 heavy (non-hydrogen) atoms. The van der Waals surface area contributed by atoms with Gasteiger partial charge in [0.25, 0.3) is 0 Å². The summed E-state index contributed by atoms with van der Waals surface area (Å²) in [5, 5.41) is 13.9. The Labute approximate surface area is 182 Å². The Morgan fingerprint density at radius 3 is 2.78 bits per heavy atom. The lowest BCUT2D eigenvalue weighted by molar-refractivity contribution is 0.393. The zero-order valence-electron chi connectivity index (χ0n) is 17.7. The van der Waals surface area contributed by atoms with Gasteiger partial charge in [0.1, 0.15) is 17.0 Å². The molecular weight excluding hydrogens is 408 g/mol. The van der Waals surface area contributed by atoms with Gasteiger partial charge in [0.15, 0.2) is 5.58 Å². The lowest BCUT2D eigenvalue weighted by atomic mass is 10.0. The van der Waals surface area contributed by atoms with Gasteiger partial charge >= 0.3 is 5.76 Å². The third-order valence-corrected chi connectivity index (χ3v) is 5.51. The van der Waals surface area contributed by atoms with Gasteiger partial charge in [-0.2, -0.15) is 5.26 Å². The Kier molecular flexibility index (Phi) is 4.52. The first-order valence-corrected chi connectivity index (χ1v) is 9.92. The molecule has 8 nitrogen and oxygen atoms in total. The summed E-state index contributed by atoms with van der Waals surface area (Å²) < 4.78 is 18.0. The molecule has 0 amide bonds. The molecule has 0 N–H and O–H groups in total. The minimum Gasteiger partial charge on any atom is -0.496 e. The van der Waals surface area contributed by atoms with E-state index in [2.05, 4.69) is 16.2 Å². The minimum absolute atomic E-state index is 0.258. The van der Waals surface area contributed by atoms with E-state index in [9.17, 15) is 10.1 Å².